The van der Waals surface area contributed by atoms with Crippen LogP contribution in [0.4, 0.5) is 0 Å². The van der Waals surface area contributed by atoms with E-state index in [2.05, 4.69) is 15.6 Å². The molecule has 1 aromatic heterocycles. The van der Waals surface area contributed by atoms with E-state index in [9.17, 15) is 9.59 Å². The Morgan fingerprint density at radius 1 is 1.26 bits per heavy atom. The Bertz CT molecular complexity index is 558. The summed E-state index contributed by atoms with van der Waals surface area (Å²) in [6, 6.07) is 3.60. The molecule has 1 saturated heterocycles. The second kappa shape index (κ2) is 7.06. The van der Waals surface area contributed by atoms with Gasteiger partial charge >= 0.3 is 11.8 Å². The molecule has 124 valence electrons. The summed E-state index contributed by atoms with van der Waals surface area (Å²) in [5.74, 6) is -1.77. The van der Waals surface area contributed by atoms with Gasteiger partial charge in [0.15, 0.2) is 5.79 Å². The van der Waals surface area contributed by atoms with Crippen LogP contribution in [0.5, 0.6) is 0 Å². The minimum absolute atomic E-state index is 0.192. The van der Waals surface area contributed by atoms with Gasteiger partial charge in [0.2, 0.25) is 0 Å². The van der Waals surface area contributed by atoms with Gasteiger partial charge in [0.05, 0.1) is 6.61 Å². The lowest BCUT2D eigenvalue weighted by Gasteiger charge is -2.21. The zero-order valence-electron chi connectivity index (χ0n) is 12.9. The predicted molar refractivity (Wildman–Crippen MR) is 81.1 cm³/mol. The average Bonchev–Trinajstić information content (AvgIpc) is 3.21. The first-order valence-corrected chi connectivity index (χ1v) is 7.94. The number of aromatic nitrogens is 1. The Balaban J connectivity index is 1.38. The van der Waals surface area contributed by atoms with Crippen molar-refractivity contribution in [3.63, 3.8) is 0 Å². The molecule has 1 spiro atoms. The molecule has 7 nitrogen and oxygen atoms in total. The van der Waals surface area contributed by atoms with Gasteiger partial charge in [-0.15, -0.1) is 0 Å². The third-order valence-corrected chi connectivity index (χ3v) is 4.15. The van der Waals surface area contributed by atoms with Crippen molar-refractivity contribution in [1.82, 2.24) is 15.6 Å². The minimum Gasteiger partial charge on any atom is -0.347 e. The van der Waals surface area contributed by atoms with Crippen LogP contribution in [0, 0.1) is 0 Å². The number of amides is 2. The lowest BCUT2D eigenvalue weighted by molar-refractivity contribution is -0.161. The highest BCUT2D eigenvalue weighted by atomic mass is 16.7. The standard InChI is InChI=1S/C16H21N3O4/c20-14(18-9-12-4-3-7-17-8-12)15(21)19-10-13-11-22-16(23-13)5-1-2-6-16/h3-4,7-8,13H,1-2,5-6,9-11H2,(H,18,20)(H,19,21)/t13-/m0/s1. The van der Waals surface area contributed by atoms with Crippen molar-refractivity contribution >= 4 is 11.8 Å². The Labute approximate surface area is 134 Å². The van der Waals surface area contributed by atoms with E-state index < -0.39 is 17.6 Å². The maximum atomic E-state index is 11.8. The zero-order chi connectivity index (χ0) is 16.1. The molecule has 2 heterocycles. The number of carbonyl (C=O) groups is 2. The van der Waals surface area contributed by atoms with E-state index >= 15 is 0 Å². The summed E-state index contributed by atoms with van der Waals surface area (Å²) in [6.07, 6.45) is 7.13. The van der Waals surface area contributed by atoms with Crippen molar-refractivity contribution in [1.29, 1.82) is 0 Å². The summed E-state index contributed by atoms with van der Waals surface area (Å²) >= 11 is 0. The molecule has 2 aliphatic rings. The normalized spacial score (nSPS) is 22.2. The number of nitrogens with one attached hydrogen (secondary N) is 2. The smallest absolute Gasteiger partial charge is 0.309 e. The van der Waals surface area contributed by atoms with E-state index in [1.54, 1.807) is 18.5 Å². The zero-order valence-corrected chi connectivity index (χ0v) is 12.9. The largest absolute Gasteiger partial charge is 0.347 e. The van der Waals surface area contributed by atoms with E-state index in [4.69, 9.17) is 9.47 Å². The number of hydrogen-bond acceptors (Lipinski definition) is 5. The van der Waals surface area contributed by atoms with Crippen molar-refractivity contribution in [2.75, 3.05) is 13.2 Å². The van der Waals surface area contributed by atoms with Crippen LogP contribution in [-0.4, -0.2) is 41.8 Å². The molecule has 2 fully saturated rings. The summed E-state index contributed by atoms with van der Waals surface area (Å²) in [7, 11) is 0. The second-order valence-corrected chi connectivity index (χ2v) is 5.92. The number of nitrogens with zero attached hydrogens (tertiary/aromatic N) is 1. The molecular weight excluding hydrogens is 298 g/mol. The SMILES string of the molecule is O=C(NCc1cccnc1)C(=O)NC[C@H]1COC2(CCCC2)O1. The molecule has 23 heavy (non-hydrogen) atoms. The Morgan fingerprint density at radius 3 is 2.78 bits per heavy atom. The molecule has 1 aliphatic heterocycles. The van der Waals surface area contributed by atoms with E-state index in [0.29, 0.717) is 6.61 Å². The van der Waals surface area contributed by atoms with Gasteiger partial charge in [0.25, 0.3) is 0 Å². The maximum Gasteiger partial charge on any atom is 0.309 e. The molecule has 1 aliphatic carbocycles. The fourth-order valence-electron chi connectivity index (χ4n) is 2.95. The summed E-state index contributed by atoms with van der Waals surface area (Å²) in [5.41, 5.74) is 0.837. The molecule has 7 heteroatoms. The minimum atomic E-state index is -0.664. The molecule has 1 aromatic rings. The summed E-state index contributed by atoms with van der Waals surface area (Å²) in [4.78, 5) is 27.5. The van der Waals surface area contributed by atoms with Crippen LogP contribution in [0.3, 0.4) is 0 Å². The number of pyridine rings is 1. The lowest BCUT2D eigenvalue weighted by Crippen LogP contribution is -2.43. The van der Waals surface area contributed by atoms with Gasteiger partial charge in [-0.2, -0.15) is 0 Å². The molecule has 0 bridgehead atoms. The van der Waals surface area contributed by atoms with Crippen LogP contribution in [0.2, 0.25) is 0 Å². The second-order valence-electron chi connectivity index (χ2n) is 5.92. The van der Waals surface area contributed by atoms with Crippen molar-refractivity contribution in [2.24, 2.45) is 0 Å². The topological polar surface area (TPSA) is 89.6 Å². The highest BCUT2D eigenvalue weighted by Crippen LogP contribution is 2.38. The molecule has 1 atom stereocenters. The third kappa shape index (κ3) is 4.05. The van der Waals surface area contributed by atoms with Crippen molar-refractivity contribution in [3.05, 3.63) is 30.1 Å². The van der Waals surface area contributed by atoms with Gasteiger partial charge in [-0.25, -0.2) is 0 Å². The first kappa shape index (κ1) is 15.9. The van der Waals surface area contributed by atoms with Crippen molar-refractivity contribution in [2.45, 2.75) is 44.1 Å². The Hall–Kier alpha value is -1.99. The van der Waals surface area contributed by atoms with Crippen LogP contribution in [0.1, 0.15) is 31.2 Å². The van der Waals surface area contributed by atoms with E-state index in [0.717, 1.165) is 31.2 Å². The fourth-order valence-corrected chi connectivity index (χ4v) is 2.95. The first-order chi connectivity index (χ1) is 11.2. The van der Waals surface area contributed by atoms with Gasteiger partial charge in [0, 0.05) is 38.3 Å². The van der Waals surface area contributed by atoms with Crippen LogP contribution in [0.15, 0.2) is 24.5 Å². The van der Waals surface area contributed by atoms with E-state index in [-0.39, 0.29) is 19.2 Å². The number of hydrogen-bond donors (Lipinski definition) is 2. The first-order valence-electron chi connectivity index (χ1n) is 7.94. The quantitative estimate of drug-likeness (QED) is 0.789. The average molecular weight is 319 g/mol. The molecular formula is C16H21N3O4. The molecule has 0 aromatic carbocycles. The van der Waals surface area contributed by atoms with Crippen LogP contribution in [0.25, 0.3) is 0 Å². The molecule has 3 rings (SSSR count). The van der Waals surface area contributed by atoms with Gasteiger partial charge in [-0.05, 0) is 24.5 Å². The molecule has 0 unspecified atom stereocenters. The number of ether oxygens (including phenoxy) is 2. The van der Waals surface area contributed by atoms with Gasteiger partial charge in [-0.1, -0.05) is 6.07 Å². The van der Waals surface area contributed by atoms with Crippen molar-refractivity contribution in [3.8, 4) is 0 Å². The predicted octanol–water partition coefficient (Wildman–Crippen LogP) is 0.500. The molecule has 1 saturated carbocycles. The summed E-state index contributed by atoms with van der Waals surface area (Å²) in [5, 5.41) is 5.16. The highest BCUT2D eigenvalue weighted by Gasteiger charge is 2.43. The maximum absolute atomic E-state index is 11.8. The Morgan fingerprint density at radius 2 is 2.04 bits per heavy atom. The molecule has 0 radical (unpaired) electrons. The monoisotopic (exact) mass is 319 g/mol. The van der Waals surface area contributed by atoms with Crippen LogP contribution < -0.4 is 10.6 Å². The van der Waals surface area contributed by atoms with Gasteiger partial charge in [0.1, 0.15) is 6.10 Å². The van der Waals surface area contributed by atoms with E-state index in [1.165, 1.54) is 0 Å². The molecule has 2 N–H and O–H groups in total. The van der Waals surface area contributed by atoms with Gasteiger partial charge in [-0.3, -0.25) is 14.6 Å². The number of rotatable bonds is 4. The van der Waals surface area contributed by atoms with Gasteiger partial charge < -0.3 is 20.1 Å². The highest BCUT2D eigenvalue weighted by molar-refractivity contribution is 6.35. The Kier molecular flexibility index (Phi) is 4.88. The summed E-state index contributed by atoms with van der Waals surface area (Å²) < 4.78 is 11.6. The van der Waals surface area contributed by atoms with E-state index in [1.807, 2.05) is 6.07 Å². The molecule has 2 amide bonds. The van der Waals surface area contributed by atoms with Crippen LogP contribution in [-0.2, 0) is 25.6 Å². The van der Waals surface area contributed by atoms with Crippen LogP contribution >= 0.6 is 0 Å². The summed E-state index contributed by atoms with van der Waals surface area (Å²) in [6.45, 7) is 1.00. The van der Waals surface area contributed by atoms with Crippen molar-refractivity contribution < 1.29 is 19.1 Å². The fraction of sp³-hybridized carbons (Fsp3) is 0.562. The third-order valence-electron chi connectivity index (χ3n) is 4.15. The lowest BCUT2D eigenvalue weighted by atomic mass is 10.2. The number of carbonyl (C=O) groups excluding carboxylic acids is 2.